The average Bonchev–Trinajstić information content (AvgIpc) is 3.05. The molecule has 0 radical (unpaired) electrons. The Morgan fingerprint density at radius 1 is 0.800 bits per heavy atom. The summed E-state index contributed by atoms with van der Waals surface area (Å²) in [6.07, 6.45) is 4.15. The summed E-state index contributed by atoms with van der Waals surface area (Å²) in [4.78, 5) is 52.8. The summed E-state index contributed by atoms with van der Waals surface area (Å²) in [6, 6.07) is 13.2. The first-order valence-corrected chi connectivity index (χ1v) is 15.6. The fraction of sp³-hybridized carbons (Fsp3) is 0.323. The van der Waals surface area contributed by atoms with Crippen molar-refractivity contribution in [3.8, 4) is 11.5 Å². The molecule has 3 rings (SSSR count). The number of amides is 3. The Morgan fingerprint density at radius 2 is 1.51 bits per heavy atom. The third-order valence-electron chi connectivity index (χ3n) is 6.47. The highest BCUT2D eigenvalue weighted by molar-refractivity contribution is 7.90. The zero-order valence-electron chi connectivity index (χ0n) is 25.3. The van der Waals surface area contributed by atoms with Gasteiger partial charge >= 0.3 is 5.97 Å². The van der Waals surface area contributed by atoms with E-state index in [1.165, 1.54) is 38.5 Å². The lowest BCUT2D eigenvalue weighted by molar-refractivity contribution is -0.142. The number of sulfonamides is 1. The molecule has 0 aliphatic carbocycles. The summed E-state index contributed by atoms with van der Waals surface area (Å²) in [5.41, 5.74) is 1.000. The van der Waals surface area contributed by atoms with Crippen molar-refractivity contribution in [2.24, 2.45) is 0 Å². The van der Waals surface area contributed by atoms with Gasteiger partial charge in [0.1, 0.15) is 12.2 Å². The number of rotatable bonds is 16. The molecular formula is C31H36N4O9S. The average molecular weight is 641 g/mol. The van der Waals surface area contributed by atoms with Crippen molar-refractivity contribution in [1.29, 1.82) is 0 Å². The second kappa shape index (κ2) is 16.8. The molecule has 0 saturated heterocycles. The minimum absolute atomic E-state index is 0.0660. The molecule has 0 aliphatic heterocycles. The van der Waals surface area contributed by atoms with Crippen LogP contribution in [0.1, 0.15) is 63.0 Å². The van der Waals surface area contributed by atoms with E-state index in [-0.39, 0.29) is 35.2 Å². The molecule has 0 unspecified atom stereocenters. The second-order valence-electron chi connectivity index (χ2n) is 9.70. The SMILES string of the molecule is CCCCCOC(=O)CNC(=O)c1ccc(C(=O)NS(=O)(=O)c2ccc(CCNC(=O)c3ccc(OC)c(OC)c3)cc2)cn1. The van der Waals surface area contributed by atoms with Crippen LogP contribution < -0.4 is 24.8 Å². The first kappa shape index (κ1) is 34.5. The Morgan fingerprint density at radius 3 is 2.16 bits per heavy atom. The molecule has 0 saturated carbocycles. The number of carbonyl (C=O) groups is 4. The smallest absolute Gasteiger partial charge is 0.325 e. The van der Waals surface area contributed by atoms with Crippen LogP contribution in [0.15, 0.2) is 65.7 Å². The minimum Gasteiger partial charge on any atom is -0.493 e. The van der Waals surface area contributed by atoms with Crippen LogP contribution in [0.25, 0.3) is 0 Å². The molecular weight excluding hydrogens is 604 g/mol. The van der Waals surface area contributed by atoms with Crippen molar-refractivity contribution in [3.63, 3.8) is 0 Å². The van der Waals surface area contributed by atoms with Crippen molar-refractivity contribution in [2.45, 2.75) is 37.5 Å². The fourth-order valence-corrected chi connectivity index (χ4v) is 4.94. The van der Waals surface area contributed by atoms with Gasteiger partial charge in [0.25, 0.3) is 27.7 Å². The Bertz CT molecular complexity index is 1590. The fourth-order valence-electron chi connectivity index (χ4n) is 3.97. The molecule has 13 nitrogen and oxygen atoms in total. The summed E-state index contributed by atoms with van der Waals surface area (Å²) in [7, 11) is -1.23. The van der Waals surface area contributed by atoms with Gasteiger partial charge < -0.3 is 24.8 Å². The van der Waals surface area contributed by atoms with E-state index >= 15 is 0 Å². The van der Waals surface area contributed by atoms with Gasteiger partial charge in [-0.15, -0.1) is 0 Å². The number of esters is 1. The summed E-state index contributed by atoms with van der Waals surface area (Å²) >= 11 is 0. The number of ether oxygens (including phenoxy) is 3. The van der Waals surface area contributed by atoms with E-state index < -0.39 is 27.8 Å². The van der Waals surface area contributed by atoms with Crippen LogP contribution in [-0.2, 0) is 26.0 Å². The lowest BCUT2D eigenvalue weighted by atomic mass is 10.1. The quantitative estimate of drug-likeness (QED) is 0.156. The highest BCUT2D eigenvalue weighted by Crippen LogP contribution is 2.27. The van der Waals surface area contributed by atoms with Gasteiger partial charge in [0.15, 0.2) is 11.5 Å². The van der Waals surface area contributed by atoms with Crippen LogP contribution in [0.5, 0.6) is 11.5 Å². The normalized spacial score (nSPS) is 10.8. The van der Waals surface area contributed by atoms with Gasteiger partial charge in [-0.3, -0.25) is 24.2 Å². The number of nitrogens with zero attached hydrogens (tertiary/aromatic N) is 1. The number of methoxy groups -OCH3 is 2. The predicted octanol–water partition coefficient (Wildman–Crippen LogP) is 2.65. The molecule has 0 aliphatic rings. The lowest BCUT2D eigenvalue weighted by Crippen LogP contribution is -2.32. The minimum atomic E-state index is -4.21. The predicted molar refractivity (Wildman–Crippen MR) is 164 cm³/mol. The topological polar surface area (TPSA) is 179 Å². The second-order valence-corrected chi connectivity index (χ2v) is 11.4. The Labute approximate surface area is 261 Å². The molecule has 0 fully saturated rings. The van der Waals surface area contributed by atoms with Crippen molar-refractivity contribution < 1.29 is 41.8 Å². The molecule has 1 heterocycles. The number of benzene rings is 2. The zero-order chi connectivity index (χ0) is 32.8. The van der Waals surface area contributed by atoms with Gasteiger partial charge in [-0.25, -0.2) is 13.1 Å². The third-order valence-corrected chi connectivity index (χ3v) is 7.82. The summed E-state index contributed by atoms with van der Waals surface area (Å²) in [6.45, 7) is 2.26. The monoisotopic (exact) mass is 640 g/mol. The Balaban J connectivity index is 1.48. The highest BCUT2D eigenvalue weighted by atomic mass is 32.2. The van der Waals surface area contributed by atoms with E-state index in [1.807, 2.05) is 11.6 Å². The van der Waals surface area contributed by atoms with E-state index in [2.05, 4.69) is 15.6 Å². The van der Waals surface area contributed by atoms with Crippen molar-refractivity contribution in [1.82, 2.24) is 20.3 Å². The summed E-state index contributed by atoms with van der Waals surface area (Å²) < 4.78 is 43.0. The van der Waals surface area contributed by atoms with Crippen molar-refractivity contribution in [2.75, 3.05) is 33.9 Å². The maximum Gasteiger partial charge on any atom is 0.325 e. The number of hydrogen-bond donors (Lipinski definition) is 3. The first-order valence-electron chi connectivity index (χ1n) is 14.1. The maximum absolute atomic E-state index is 12.8. The molecule has 0 spiro atoms. The van der Waals surface area contributed by atoms with E-state index in [0.717, 1.165) is 31.0 Å². The van der Waals surface area contributed by atoms with Gasteiger partial charge in [0.05, 0.1) is 31.3 Å². The summed E-state index contributed by atoms with van der Waals surface area (Å²) in [5.74, 6) is -1.54. The number of aromatic nitrogens is 1. The molecule has 14 heteroatoms. The van der Waals surface area contributed by atoms with Crippen LogP contribution in [-0.4, -0.2) is 71.0 Å². The van der Waals surface area contributed by atoms with Gasteiger partial charge in [-0.05, 0) is 60.9 Å². The van der Waals surface area contributed by atoms with Gasteiger partial charge in [0, 0.05) is 18.3 Å². The van der Waals surface area contributed by atoms with Crippen molar-refractivity contribution >= 4 is 33.7 Å². The molecule has 3 aromatic rings. The van der Waals surface area contributed by atoms with Crippen LogP contribution in [0.3, 0.4) is 0 Å². The van der Waals surface area contributed by atoms with E-state index in [4.69, 9.17) is 14.2 Å². The molecule has 240 valence electrons. The molecule has 1 aromatic heterocycles. The number of hydrogen-bond acceptors (Lipinski definition) is 10. The molecule has 3 amide bonds. The van der Waals surface area contributed by atoms with Gasteiger partial charge in [-0.1, -0.05) is 31.9 Å². The third kappa shape index (κ3) is 10.3. The molecule has 0 atom stereocenters. The number of carbonyl (C=O) groups excluding carboxylic acids is 4. The molecule has 2 aromatic carbocycles. The Kier molecular flexibility index (Phi) is 12.8. The first-order chi connectivity index (χ1) is 21.6. The number of nitrogens with one attached hydrogen (secondary N) is 3. The molecule has 45 heavy (non-hydrogen) atoms. The van der Waals surface area contributed by atoms with Crippen LogP contribution in [0, 0.1) is 0 Å². The Hall–Kier alpha value is -4.98. The van der Waals surface area contributed by atoms with E-state index in [9.17, 15) is 27.6 Å². The highest BCUT2D eigenvalue weighted by Gasteiger charge is 2.20. The van der Waals surface area contributed by atoms with Crippen LogP contribution in [0.2, 0.25) is 0 Å². The van der Waals surface area contributed by atoms with Gasteiger partial charge in [0.2, 0.25) is 0 Å². The standard InChI is InChI=1S/C31H36N4O9S/c1-4-5-6-17-44-28(36)20-34-31(39)25-13-9-23(19-33-25)30(38)35-45(40,41)24-11-7-21(8-12-24)15-16-32-29(37)22-10-14-26(42-2)27(18-22)43-3/h7-14,18-19H,4-6,15-17,20H2,1-3H3,(H,32,37)(H,34,39)(H,35,38). The number of pyridine rings is 1. The largest absolute Gasteiger partial charge is 0.493 e. The van der Waals surface area contributed by atoms with E-state index in [0.29, 0.717) is 30.0 Å². The van der Waals surface area contributed by atoms with E-state index in [1.54, 1.807) is 30.3 Å². The molecule has 3 N–H and O–H groups in total. The van der Waals surface area contributed by atoms with Crippen LogP contribution in [0.4, 0.5) is 0 Å². The zero-order valence-corrected chi connectivity index (χ0v) is 26.1. The summed E-state index contributed by atoms with van der Waals surface area (Å²) in [5, 5.41) is 5.18. The maximum atomic E-state index is 12.8. The molecule has 0 bridgehead atoms. The van der Waals surface area contributed by atoms with Gasteiger partial charge in [-0.2, -0.15) is 0 Å². The van der Waals surface area contributed by atoms with Crippen molar-refractivity contribution in [3.05, 3.63) is 83.2 Å². The van der Waals surface area contributed by atoms with Crippen LogP contribution >= 0.6 is 0 Å². The number of unbranched alkanes of at least 4 members (excludes halogenated alkanes) is 2. The lowest BCUT2D eigenvalue weighted by Gasteiger charge is -2.10.